The molecule has 5 nitrogen and oxygen atoms in total. The zero-order valence-corrected chi connectivity index (χ0v) is 11.9. The SMILES string of the molecule is CC(C)C(CNC(=O)c1cnn(C)c1N)C(C)C. The standard InChI is InChI=1S/C13H24N4O/c1-8(2)10(9(3)4)6-15-13(18)11-7-16-17(5)12(11)14/h7-10H,6,14H2,1-5H3,(H,15,18). The van der Waals surface area contributed by atoms with E-state index < -0.39 is 0 Å². The van der Waals surface area contributed by atoms with E-state index in [1.165, 1.54) is 10.9 Å². The highest BCUT2D eigenvalue weighted by atomic mass is 16.1. The van der Waals surface area contributed by atoms with Gasteiger partial charge in [0.1, 0.15) is 11.4 Å². The quantitative estimate of drug-likeness (QED) is 0.837. The molecule has 0 radical (unpaired) electrons. The second-order valence-corrected chi connectivity index (χ2v) is 5.43. The number of carbonyl (C=O) groups excluding carboxylic acids is 1. The molecule has 0 spiro atoms. The third kappa shape index (κ3) is 3.24. The molecule has 0 saturated carbocycles. The van der Waals surface area contributed by atoms with E-state index in [0.717, 1.165) is 0 Å². The first-order chi connectivity index (χ1) is 8.34. The van der Waals surface area contributed by atoms with Crippen molar-refractivity contribution in [3.8, 4) is 0 Å². The summed E-state index contributed by atoms with van der Waals surface area (Å²) < 4.78 is 1.50. The molecule has 0 aliphatic heterocycles. The van der Waals surface area contributed by atoms with Crippen molar-refractivity contribution in [3.05, 3.63) is 11.8 Å². The highest BCUT2D eigenvalue weighted by Crippen LogP contribution is 2.19. The number of nitrogens with zero attached hydrogens (tertiary/aromatic N) is 2. The van der Waals surface area contributed by atoms with E-state index in [9.17, 15) is 4.79 Å². The number of amides is 1. The first-order valence-corrected chi connectivity index (χ1v) is 6.40. The van der Waals surface area contributed by atoms with Gasteiger partial charge in [0.15, 0.2) is 0 Å². The monoisotopic (exact) mass is 252 g/mol. The predicted molar refractivity (Wildman–Crippen MR) is 73.1 cm³/mol. The van der Waals surface area contributed by atoms with Gasteiger partial charge in [-0.15, -0.1) is 0 Å². The van der Waals surface area contributed by atoms with Crippen LogP contribution in [0.5, 0.6) is 0 Å². The van der Waals surface area contributed by atoms with Crippen LogP contribution in [-0.2, 0) is 7.05 Å². The van der Waals surface area contributed by atoms with Crippen LogP contribution in [0, 0.1) is 17.8 Å². The lowest BCUT2D eigenvalue weighted by atomic mass is 9.85. The Labute approximate surface area is 109 Å². The van der Waals surface area contributed by atoms with Gasteiger partial charge in [0.2, 0.25) is 0 Å². The van der Waals surface area contributed by atoms with E-state index in [1.807, 2.05) is 0 Å². The van der Waals surface area contributed by atoms with Crippen molar-refractivity contribution in [1.29, 1.82) is 0 Å². The molecule has 0 unspecified atom stereocenters. The molecule has 5 heteroatoms. The first kappa shape index (κ1) is 14.5. The maximum atomic E-state index is 12.0. The van der Waals surface area contributed by atoms with E-state index in [-0.39, 0.29) is 5.91 Å². The highest BCUT2D eigenvalue weighted by molar-refractivity contribution is 5.98. The van der Waals surface area contributed by atoms with Gasteiger partial charge in [-0.05, 0) is 17.8 Å². The molecule has 0 aliphatic carbocycles. The molecule has 18 heavy (non-hydrogen) atoms. The van der Waals surface area contributed by atoms with E-state index in [2.05, 4.69) is 38.1 Å². The molecule has 3 N–H and O–H groups in total. The van der Waals surface area contributed by atoms with Gasteiger partial charge in [-0.25, -0.2) is 0 Å². The zero-order valence-electron chi connectivity index (χ0n) is 11.9. The Balaban J connectivity index is 2.63. The molecule has 102 valence electrons. The summed E-state index contributed by atoms with van der Waals surface area (Å²) >= 11 is 0. The van der Waals surface area contributed by atoms with Crippen molar-refractivity contribution in [1.82, 2.24) is 15.1 Å². The molecule has 1 amide bonds. The zero-order chi connectivity index (χ0) is 13.9. The number of nitrogens with two attached hydrogens (primary N) is 1. The fraction of sp³-hybridized carbons (Fsp3) is 0.692. The smallest absolute Gasteiger partial charge is 0.256 e. The van der Waals surface area contributed by atoms with Crippen molar-refractivity contribution in [2.24, 2.45) is 24.8 Å². The maximum absolute atomic E-state index is 12.0. The summed E-state index contributed by atoms with van der Waals surface area (Å²) in [6.45, 7) is 9.37. The van der Waals surface area contributed by atoms with Gasteiger partial charge in [0, 0.05) is 13.6 Å². The third-order valence-electron chi connectivity index (χ3n) is 3.44. The Morgan fingerprint density at radius 1 is 1.39 bits per heavy atom. The van der Waals surface area contributed by atoms with Crippen molar-refractivity contribution in [3.63, 3.8) is 0 Å². The molecule has 0 aliphatic rings. The molecule has 1 rings (SSSR count). The van der Waals surface area contributed by atoms with Gasteiger partial charge < -0.3 is 11.1 Å². The molecule has 0 saturated heterocycles. The van der Waals surface area contributed by atoms with Crippen molar-refractivity contribution >= 4 is 11.7 Å². The van der Waals surface area contributed by atoms with Gasteiger partial charge in [0.05, 0.1) is 6.20 Å². The molecular formula is C13H24N4O. The maximum Gasteiger partial charge on any atom is 0.256 e. The first-order valence-electron chi connectivity index (χ1n) is 6.40. The number of rotatable bonds is 5. The average molecular weight is 252 g/mol. The molecule has 1 aromatic heterocycles. The number of anilines is 1. The van der Waals surface area contributed by atoms with Crippen LogP contribution in [0.2, 0.25) is 0 Å². The predicted octanol–water partition coefficient (Wildman–Crippen LogP) is 1.66. The van der Waals surface area contributed by atoms with Gasteiger partial charge in [-0.1, -0.05) is 27.7 Å². The van der Waals surface area contributed by atoms with Gasteiger partial charge in [0.25, 0.3) is 5.91 Å². The highest BCUT2D eigenvalue weighted by Gasteiger charge is 2.20. The second kappa shape index (κ2) is 5.89. The molecule has 0 bridgehead atoms. The Kier molecular flexibility index (Phi) is 4.76. The summed E-state index contributed by atoms with van der Waals surface area (Å²) in [6.07, 6.45) is 1.50. The van der Waals surface area contributed by atoms with Crippen molar-refractivity contribution in [2.75, 3.05) is 12.3 Å². The number of nitrogen functional groups attached to an aromatic ring is 1. The van der Waals surface area contributed by atoms with Crippen molar-refractivity contribution in [2.45, 2.75) is 27.7 Å². The summed E-state index contributed by atoms with van der Waals surface area (Å²) in [4.78, 5) is 12.0. The molecule has 0 aromatic carbocycles. The van der Waals surface area contributed by atoms with Crippen LogP contribution in [0.15, 0.2) is 6.20 Å². The minimum Gasteiger partial charge on any atom is -0.383 e. The Morgan fingerprint density at radius 3 is 2.33 bits per heavy atom. The van der Waals surface area contributed by atoms with Crippen molar-refractivity contribution < 1.29 is 4.79 Å². The largest absolute Gasteiger partial charge is 0.383 e. The summed E-state index contributed by atoms with van der Waals surface area (Å²) in [5.74, 6) is 1.80. The van der Waals surface area contributed by atoms with Crippen LogP contribution in [-0.4, -0.2) is 22.2 Å². The fourth-order valence-corrected chi connectivity index (χ4v) is 2.17. The van der Waals surface area contributed by atoms with E-state index in [0.29, 0.717) is 35.7 Å². The molecule has 0 atom stereocenters. The lowest BCUT2D eigenvalue weighted by Crippen LogP contribution is -2.34. The van der Waals surface area contributed by atoms with Crippen LogP contribution < -0.4 is 11.1 Å². The van der Waals surface area contributed by atoms with Crippen LogP contribution in [0.3, 0.4) is 0 Å². The average Bonchev–Trinajstić information content (AvgIpc) is 2.58. The van der Waals surface area contributed by atoms with Gasteiger partial charge in [-0.3, -0.25) is 9.48 Å². The minimum atomic E-state index is -0.146. The third-order valence-corrected chi connectivity index (χ3v) is 3.44. The Hall–Kier alpha value is -1.52. The lowest BCUT2D eigenvalue weighted by Gasteiger charge is -2.24. The Morgan fingerprint density at radius 2 is 1.94 bits per heavy atom. The number of aromatic nitrogens is 2. The summed E-state index contributed by atoms with van der Waals surface area (Å²) in [5.41, 5.74) is 6.22. The van der Waals surface area contributed by atoms with Gasteiger partial charge in [-0.2, -0.15) is 5.10 Å². The van der Waals surface area contributed by atoms with E-state index in [4.69, 9.17) is 5.73 Å². The molecule has 0 fully saturated rings. The molecule has 1 aromatic rings. The summed E-state index contributed by atoms with van der Waals surface area (Å²) in [7, 11) is 1.72. The van der Waals surface area contributed by atoms with Crippen LogP contribution >= 0.6 is 0 Å². The number of hydrogen-bond donors (Lipinski definition) is 2. The lowest BCUT2D eigenvalue weighted by molar-refractivity contribution is 0.0938. The summed E-state index contributed by atoms with van der Waals surface area (Å²) in [6, 6.07) is 0. The van der Waals surface area contributed by atoms with Crippen LogP contribution in [0.1, 0.15) is 38.1 Å². The van der Waals surface area contributed by atoms with Gasteiger partial charge >= 0.3 is 0 Å². The summed E-state index contributed by atoms with van der Waals surface area (Å²) in [5, 5.41) is 6.91. The number of aryl methyl sites for hydroxylation is 1. The Bertz CT molecular complexity index is 401. The molecule has 1 heterocycles. The number of hydrogen-bond acceptors (Lipinski definition) is 3. The second-order valence-electron chi connectivity index (χ2n) is 5.43. The van der Waals surface area contributed by atoms with E-state index in [1.54, 1.807) is 7.05 Å². The number of nitrogens with one attached hydrogen (secondary N) is 1. The normalized spacial score (nSPS) is 11.6. The topological polar surface area (TPSA) is 72.9 Å². The van der Waals surface area contributed by atoms with E-state index >= 15 is 0 Å². The number of carbonyl (C=O) groups is 1. The minimum absolute atomic E-state index is 0.146. The van der Waals surface area contributed by atoms with Crippen LogP contribution in [0.25, 0.3) is 0 Å². The fourth-order valence-electron chi connectivity index (χ4n) is 2.17. The van der Waals surface area contributed by atoms with Crippen LogP contribution in [0.4, 0.5) is 5.82 Å². The molecular weight excluding hydrogens is 228 g/mol.